The zero-order valence-corrected chi connectivity index (χ0v) is 14.7. The molecule has 0 unspecified atom stereocenters. The van der Waals surface area contributed by atoms with E-state index in [1.165, 1.54) is 10.4 Å². The van der Waals surface area contributed by atoms with Crippen LogP contribution >= 0.6 is 0 Å². The van der Waals surface area contributed by atoms with E-state index in [0.29, 0.717) is 29.9 Å². The number of amides is 1. The first kappa shape index (κ1) is 17.7. The van der Waals surface area contributed by atoms with Crippen LogP contribution in [0, 0.1) is 11.3 Å². The van der Waals surface area contributed by atoms with E-state index >= 15 is 0 Å². The van der Waals surface area contributed by atoms with Gasteiger partial charge in [-0.2, -0.15) is 5.26 Å². The van der Waals surface area contributed by atoms with Crippen LogP contribution < -0.4 is 9.62 Å². The van der Waals surface area contributed by atoms with E-state index in [9.17, 15) is 13.2 Å². The lowest BCUT2D eigenvalue weighted by molar-refractivity contribution is -0.111. The van der Waals surface area contributed by atoms with E-state index in [1.54, 1.807) is 54.6 Å². The second kappa shape index (κ2) is 7.42. The summed E-state index contributed by atoms with van der Waals surface area (Å²) in [5.74, 6) is -0.106. The minimum absolute atomic E-state index is 0.185. The minimum Gasteiger partial charge on any atom is -0.323 e. The van der Waals surface area contributed by atoms with Gasteiger partial charge in [-0.1, -0.05) is 12.1 Å². The molecule has 1 heterocycles. The summed E-state index contributed by atoms with van der Waals surface area (Å²) in [5, 5.41) is 11.5. The molecule has 0 radical (unpaired) electrons. The van der Waals surface area contributed by atoms with Crippen molar-refractivity contribution in [3.63, 3.8) is 0 Å². The number of hydrogen-bond donors (Lipinski definition) is 1. The summed E-state index contributed by atoms with van der Waals surface area (Å²) in [7, 11) is -3.19. The van der Waals surface area contributed by atoms with E-state index in [2.05, 4.69) is 5.32 Å². The molecule has 0 aromatic heterocycles. The van der Waals surface area contributed by atoms with Crippen molar-refractivity contribution in [1.82, 2.24) is 0 Å². The molecular formula is C19H17N3O3S. The predicted octanol–water partition coefficient (Wildman–Crippen LogP) is 2.75. The average Bonchev–Trinajstić information content (AvgIpc) is 3.00. The van der Waals surface area contributed by atoms with Gasteiger partial charge in [0.25, 0.3) is 0 Å². The normalized spacial score (nSPS) is 15.7. The Balaban J connectivity index is 1.63. The number of anilines is 2. The first-order valence-corrected chi connectivity index (χ1v) is 9.68. The Hall–Kier alpha value is -3.11. The van der Waals surface area contributed by atoms with Crippen LogP contribution in [0.15, 0.2) is 54.6 Å². The Morgan fingerprint density at radius 1 is 1.12 bits per heavy atom. The topological polar surface area (TPSA) is 90.3 Å². The second-order valence-electron chi connectivity index (χ2n) is 5.84. The summed E-state index contributed by atoms with van der Waals surface area (Å²) in [6.07, 6.45) is 3.69. The Morgan fingerprint density at radius 3 is 2.38 bits per heavy atom. The molecular weight excluding hydrogens is 350 g/mol. The molecule has 0 bridgehead atoms. The molecule has 7 heteroatoms. The Morgan fingerprint density at radius 2 is 1.81 bits per heavy atom. The fourth-order valence-corrected chi connectivity index (χ4v) is 4.23. The van der Waals surface area contributed by atoms with Gasteiger partial charge in [0.15, 0.2) is 0 Å². The van der Waals surface area contributed by atoms with Crippen molar-refractivity contribution in [1.29, 1.82) is 5.26 Å². The number of carbonyl (C=O) groups excluding carboxylic acids is 1. The lowest BCUT2D eigenvalue weighted by Crippen LogP contribution is -2.24. The van der Waals surface area contributed by atoms with Crippen LogP contribution in [0.4, 0.5) is 11.4 Å². The molecule has 0 atom stereocenters. The van der Waals surface area contributed by atoms with E-state index < -0.39 is 10.0 Å². The van der Waals surface area contributed by atoms with Crippen LogP contribution in [0.3, 0.4) is 0 Å². The third-order valence-corrected chi connectivity index (χ3v) is 5.86. The molecule has 1 aliphatic heterocycles. The van der Waals surface area contributed by atoms with E-state index in [0.717, 1.165) is 5.56 Å². The van der Waals surface area contributed by atoms with Crippen molar-refractivity contribution >= 4 is 33.4 Å². The van der Waals surface area contributed by atoms with Gasteiger partial charge in [0, 0.05) is 18.3 Å². The van der Waals surface area contributed by atoms with Crippen molar-refractivity contribution in [2.75, 3.05) is 21.9 Å². The van der Waals surface area contributed by atoms with Crippen molar-refractivity contribution < 1.29 is 13.2 Å². The van der Waals surface area contributed by atoms with Gasteiger partial charge in [0.05, 0.1) is 23.1 Å². The van der Waals surface area contributed by atoms with Crippen LogP contribution in [0.1, 0.15) is 17.5 Å². The molecule has 0 saturated carbocycles. The number of rotatable bonds is 4. The van der Waals surface area contributed by atoms with Crippen LogP contribution in [0.5, 0.6) is 0 Å². The van der Waals surface area contributed by atoms with E-state index in [1.807, 2.05) is 6.07 Å². The van der Waals surface area contributed by atoms with Gasteiger partial charge in [-0.15, -0.1) is 0 Å². The Bertz CT molecular complexity index is 972. The molecule has 1 fully saturated rings. The first-order valence-electron chi connectivity index (χ1n) is 8.08. The molecule has 26 heavy (non-hydrogen) atoms. The summed E-state index contributed by atoms with van der Waals surface area (Å²) >= 11 is 0. The van der Waals surface area contributed by atoms with Crippen LogP contribution in [0.25, 0.3) is 6.08 Å². The second-order valence-corrected chi connectivity index (χ2v) is 7.86. The highest BCUT2D eigenvalue weighted by atomic mass is 32.2. The van der Waals surface area contributed by atoms with Gasteiger partial charge in [-0.25, -0.2) is 8.42 Å². The van der Waals surface area contributed by atoms with E-state index in [-0.39, 0.29) is 11.7 Å². The molecule has 132 valence electrons. The third kappa shape index (κ3) is 4.10. The van der Waals surface area contributed by atoms with Crippen molar-refractivity contribution in [3.05, 3.63) is 65.7 Å². The molecule has 2 aromatic rings. The van der Waals surface area contributed by atoms with Crippen molar-refractivity contribution in [2.45, 2.75) is 6.42 Å². The summed E-state index contributed by atoms with van der Waals surface area (Å²) in [6, 6.07) is 15.6. The quantitative estimate of drug-likeness (QED) is 0.841. The lowest BCUT2D eigenvalue weighted by Gasteiger charge is -2.16. The predicted molar refractivity (Wildman–Crippen MR) is 101 cm³/mol. The molecule has 2 aromatic carbocycles. The third-order valence-electron chi connectivity index (χ3n) is 3.99. The molecule has 1 aliphatic rings. The highest BCUT2D eigenvalue weighted by Gasteiger charge is 2.28. The number of hydrogen-bond acceptors (Lipinski definition) is 4. The largest absolute Gasteiger partial charge is 0.323 e. The minimum atomic E-state index is -3.19. The molecule has 1 N–H and O–H groups in total. The maximum Gasteiger partial charge on any atom is 0.248 e. The summed E-state index contributed by atoms with van der Waals surface area (Å²) < 4.78 is 25.2. The van der Waals surface area contributed by atoms with Crippen LogP contribution in [-0.2, 0) is 14.8 Å². The molecule has 0 spiro atoms. The smallest absolute Gasteiger partial charge is 0.248 e. The van der Waals surface area contributed by atoms with Crippen molar-refractivity contribution in [3.8, 4) is 6.07 Å². The fourth-order valence-electron chi connectivity index (χ4n) is 2.67. The van der Waals surface area contributed by atoms with Crippen LogP contribution in [0.2, 0.25) is 0 Å². The van der Waals surface area contributed by atoms with Gasteiger partial charge in [-0.3, -0.25) is 9.10 Å². The standard InChI is InChI=1S/C19H17N3O3S/c20-14-16-2-7-17(8-3-16)21-19(23)11-6-15-4-9-18(10-5-15)22-12-1-13-26(22,24)25/h2-11H,1,12-13H2,(H,21,23)/b11-6+. The van der Waals surface area contributed by atoms with Gasteiger partial charge in [-0.05, 0) is 54.5 Å². The fraction of sp³-hybridized carbons (Fsp3) is 0.158. The first-order chi connectivity index (χ1) is 12.5. The lowest BCUT2D eigenvalue weighted by atomic mass is 10.2. The molecule has 1 amide bonds. The van der Waals surface area contributed by atoms with Crippen LogP contribution in [-0.4, -0.2) is 26.6 Å². The summed E-state index contributed by atoms with van der Waals surface area (Å²) in [5.41, 5.74) is 2.56. The highest BCUT2D eigenvalue weighted by Crippen LogP contribution is 2.24. The molecule has 1 saturated heterocycles. The van der Waals surface area contributed by atoms with Gasteiger partial charge < -0.3 is 5.32 Å². The molecule has 3 rings (SSSR count). The SMILES string of the molecule is N#Cc1ccc(NC(=O)/C=C/c2ccc(N3CCCS3(=O)=O)cc2)cc1. The zero-order valence-electron chi connectivity index (χ0n) is 13.9. The monoisotopic (exact) mass is 367 g/mol. The maximum atomic E-state index is 12.0. The molecule has 6 nitrogen and oxygen atoms in total. The number of carbonyl (C=O) groups is 1. The Kier molecular flexibility index (Phi) is 5.05. The number of sulfonamides is 1. The summed E-state index contributed by atoms with van der Waals surface area (Å²) in [6.45, 7) is 0.504. The van der Waals surface area contributed by atoms with Gasteiger partial charge in [0.2, 0.25) is 15.9 Å². The summed E-state index contributed by atoms with van der Waals surface area (Å²) in [4.78, 5) is 12.0. The number of nitrogens with one attached hydrogen (secondary N) is 1. The average molecular weight is 367 g/mol. The molecule has 0 aliphatic carbocycles. The number of nitrogens with zero attached hydrogens (tertiary/aromatic N) is 2. The maximum absolute atomic E-state index is 12.0. The Labute approximate surface area is 152 Å². The highest BCUT2D eigenvalue weighted by molar-refractivity contribution is 7.93. The number of benzene rings is 2. The van der Waals surface area contributed by atoms with Crippen molar-refractivity contribution in [2.24, 2.45) is 0 Å². The van der Waals surface area contributed by atoms with Gasteiger partial charge in [0.1, 0.15) is 0 Å². The van der Waals surface area contributed by atoms with E-state index in [4.69, 9.17) is 5.26 Å². The zero-order chi connectivity index (χ0) is 18.6. The number of nitriles is 1. The van der Waals surface area contributed by atoms with Gasteiger partial charge >= 0.3 is 0 Å².